The van der Waals surface area contributed by atoms with Gasteiger partial charge in [-0.25, -0.2) is 13.6 Å². The molecule has 0 atom stereocenters. The van der Waals surface area contributed by atoms with Gasteiger partial charge in [0.1, 0.15) is 5.70 Å². The van der Waals surface area contributed by atoms with Gasteiger partial charge in [-0.1, -0.05) is 42.5 Å². The highest BCUT2D eigenvalue weighted by Gasteiger charge is 2.40. The molecule has 3 N–H and O–H groups in total. The van der Waals surface area contributed by atoms with E-state index in [2.05, 4.69) is 0 Å². The number of carbonyl (C=O) groups is 2. The molecule has 2 aromatic carbocycles. The lowest BCUT2D eigenvalue weighted by atomic mass is 10.0. The first-order valence-corrected chi connectivity index (χ1v) is 10.9. The number of hydrogen-bond donors (Lipinski definition) is 2. The number of rotatable bonds is 8. The standard InChI is InChI=1S/C21H23N3O5S/c1-23(13-14-25)19-18(16-5-3-2-4-6-16)20(26)24(21(19)27)12-11-15-7-9-17(10-8-15)30(22,28)29/h2-10,25H,11-14H2,1H3,(H2,22,28,29). The van der Waals surface area contributed by atoms with Crippen molar-refractivity contribution >= 4 is 27.4 Å². The summed E-state index contributed by atoms with van der Waals surface area (Å²) in [4.78, 5) is 28.9. The molecule has 0 aliphatic carbocycles. The first kappa shape index (κ1) is 21.7. The topological polar surface area (TPSA) is 121 Å². The maximum Gasteiger partial charge on any atom is 0.277 e. The highest BCUT2D eigenvalue weighted by Crippen LogP contribution is 2.31. The van der Waals surface area contributed by atoms with Crippen molar-refractivity contribution in [2.24, 2.45) is 5.14 Å². The van der Waals surface area contributed by atoms with E-state index in [4.69, 9.17) is 5.14 Å². The predicted octanol–water partition coefficient (Wildman–Crippen LogP) is 0.581. The zero-order valence-corrected chi connectivity index (χ0v) is 17.3. The number of nitrogens with zero attached hydrogens (tertiary/aromatic N) is 2. The molecule has 8 nitrogen and oxygen atoms in total. The highest BCUT2D eigenvalue weighted by atomic mass is 32.2. The summed E-state index contributed by atoms with van der Waals surface area (Å²) in [5.74, 6) is -0.817. The van der Waals surface area contributed by atoms with E-state index in [-0.39, 0.29) is 30.3 Å². The van der Waals surface area contributed by atoms with E-state index in [0.29, 0.717) is 17.6 Å². The van der Waals surface area contributed by atoms with Crippen molar-refractivity contribution in [2.45, 2.75) is 11.3 Å². The van der Waals surface area contributed by atoms with Crippen LogP contribution >= 0.6 is 0 Å². The fourth-order valence-corrected chi connectivity index (χ4v) is 3.85. The normalized spacial score (nSPS) is 14.6. The number of sulfonamides is 1. The lowest BCUT2D eigenvalue weighted by molar-refractivity contribution is -0.137. The van der Waals surface area contributed by atoms with E-state index in [1.807, 2.05) is 6.07 Å². The number of primary sulfonamides is 1. The highest BCUT2D eigenvalue weighted by molar-refractivity contribution is 7.89. The number of likely N-dealkylation sites (N-methyl/N-ethyl adjacent to an activating group) is 1. The first-order valence-electron chi connectivity index (χ1n) is 9.33. The predicted molar refractivity (Wildman–Crippen MR) is 111 cm³/mol. The molecule has 2 aromatic rings. The van der Waals surface area contributed by atoms with E-state index in [9.17, 15) is 23.1 Å². The molecular formula is C21H23N3O5S. The van der Waals surface area contributed by atoms with Gasteiger partial charge in [-0.15, -0.1) is 0 Å². The molecule has 1 heterocycles. The molecule has 2 amide bonds. The van der Waals surface area contributed by atoms with Crippen LogP contribution in [0.3, 0.4) is 0 Å². The summed E-state index contributed by atoms with van der Waals surface area (Å²) in [6.07, 6.45) is 0.363. The number of amides is 2. The third kappa shape index (κ3) is 4.43. The zero-order valence-electron chi connectivity index (χ0n) is 16.5. The maximum absolute atomic E-state index is 13.1. The largest absolute Gasteiger partial charge is 0.395 e. The van der Waals surface area contributed by atoms with Crippen LogP contribution in [0.2, 0.25) is 0 Å². The number of hydrogen-bond acceptors (Lipinski definition) is 6. The average molecular weight is 429 g/mol. The summed E-state index contributed by atoms with van der Waals surface area (Å²) < 4.78 is 22.7. The molecule has 1 aliphatic heterocycles. The average Bonchev–Trinajstić information content (AvgIpc) is 2.97. The van der Waals surface area contributed by atoms with Crippen molar-refractivity contribution < 1.29 is 23.1 Å². The fraction of sp³-hybridized carbons (Fsp3) is 0.238. The summed E-state index contributed by atoms with van der Waals surface area (Å²) >= 11 is 0. The Kier molecular flexibility index (Phi) is 6.35. The number of imide groups is 1. The molecule has 158 valence electrons. The van der Waals surface area contributed by atoms with Gasteiger partial charge in [0.25, 0.3) is 11.8 Å². The van der Waals surface area contributed by atoms with Gasteiger partial charge in [0.15, 0.2) is 0 Å². The van der Waals surface area contributed by atoms with E-state index in [1.165, 1.54) is 17.0 Å². The molecule has 0 radical (unpaired) electrons. The Balaban J connectivity index is 1.84. The summed E-state index contributed by atoms with van der Waals surface area (Å²) in [5.41, 5.74) is 1.96. The Morgan fingerprint density at radius 2 is 1.63 bits per heavy atom. The molecule has 3 rings (SSSR count). The van der Waals surface area contributed by atoms with Crippen LogP contribution in [-0.4, -0.2) is 61.9 Å². The van der Waals surface area contributed by atoms with Crippen LogP contribution in [0.15, 0.2) is 65.2 Å². The van der Waals surface area contributed by atoms with Crippen LogP contribution < -0.4 is 5.14 Å². The smallest absolute Gasteiger partial charge is 0.277 e. The van der Waals surface area contributed by atoms with Gasteiger partial charge in [-0.05, 0) is 29.7 Å². The number of carbonyl (C=O) groups excluding carboxylic acids is 2. The summed E-state index contributed by atoms with van der Waals surface area (Å²) in [6, 6.07) is 14.9. The quantitative estimate of drug-likeness (QED) is 0.592. The van der Waals surface area contributed by atoms with Gasteiger partial charge in [0, 0.05) is 20.1 Å². The SMILES string of the molecule is CN(CCO)C1=C(c2ccccc2)C(=O)N(CCc2ccc(S(N)(=O)=O)cc2)C1=O. The molecule has 0 aromatic heterocycles. The molecule has 1 aliphatic rings. The van der Waals surface area contributed by atoms with Crippen LogP contribution in [0.25, 0.3) is 5.57 Å². The summed E-state index contributed by atoms with van der Waals surface area (Å²) in [7, 11) is -2.12. The zero-order chi connectivity index (χ0) is 21.9. The maximum atomic E-state index is 13.1. The van der Waals surface area contributed by atoms with Gasteiger partial charge >= 0.3 is 0 Å². The molecule has 0 unspecified atom stereocenters. The van der Waals surface area contributed by atoms with Gasteiger partial charge in [0.05, 0.1) is 17.1 Å². The van der Waals surface area contributed by atoms with E-state index >= 15 is 0 Å². The monoisotopic (exact) mass is 429 g/mol. The molecule has 0 saturated carbocycles. The lowest BCUT2D eigenvalue weighted by Gasteiger charge is -2.20. The molecule has 9 heteroatoms. The molecule has 30 heavy (non-hydrogen) atoms. The third-order valence-corrected chi connectivity index (χ3v) is 5.83. The Bertz CT molecular complexity index is 1080. The van der Waals surface area contributed by atoms with Crippen LogP contribution in [0.4, 0.5) is 0 Å². The Morgan fingerprint density at radius 1 is 1.00 bits per heavy atom. The number of nitrogens with two attached hydrogens (primary N) is 1. The fourth-order valence-electron chi connectivity index (χ4n) is 3.33. The van der Waals surface area contributed by atoms with Gasteiger partial charge in [0.2, 0.25) is 10.0 Å². The van der Waals surface area contributed by atoms with Gasteiger partial charge < -0.3 is 10.0 Å². The van der Waals surface area contributed by atoms with Crippen LogP contribution in [0, 0.1) is 0 Å². The Labute approximate surface area is 175 Å². The second-order valence-corrected chi connectivity index (χ2v) is 8.50. The Hall–Kier alpha value is -3.01. The molecule has 0 saturated heterocycles. The number of aliphatic hydroxyl groups excluding tert-OH is 1. The van der Waals surface area contributed by atoms with Crippen LogP contribution in [0.5, 0.6) is 0 Å². The second kappa shape index (κ2) is 8.78. The minimum Gasteiger partial charge on any atom is -0.395 e. The van der Waals surface area contributed by atoms with Crippen molar-refractivity contribution in [2.75, 3.05) is 26.7 Å². The molecule has 0 fully saturated rings. The van der Waals surface area contributed by atoms with Crippen molar-refractivity contribution in [1.29, 1.82) is 0 Å². The third-order valence-electron chi connectivity index (χ3n) is 4.90. The molecular weight excluding hydrogens is 406 g/mol. The number of benzene rings is 2. The van der Waals surface area contributed by atoms with Gasteiger partial charge in [-0.3, -0.25) is 14.5 Å². The first-order chi connectivity index (χ1) is 14.2. The van der Waals surface area contributed by atoms with E-state index < -0.39 is 21.8 Å². The minimum absolute atomic E-state index is 0.000482. The van der Waals surface area contributed by atoms with Crippen molar-refractivity contribution in [3.05, 3.63) is 71.4 Å². The van der Waals surface area contributed by atoms with Crippen molar-refractivity contribution in [3.63, 3.8) is 0 Å². The molecule has 0 spiro atoms. The van der Waals surface area contributed by atoms with E-state index in [0.717, 1.165) is 5.56 Å². The van der Waals surface area contributed by atoms with Crippen LogP contribution in [-0.2, 0) is 26.0 Å². The lowest BCUT2D eigenvalue weighted by Crippen LogP contribution is -2.36. The van der Waals surface area contributed by atoms with Crippen LogP contribution in [0.1, 0.15) is 11.1 Å². The van der Waals surface area contributed by atoms with Crippen molar-refractivity contribution in [3.8, 4) is 0 Å². The Morgan fingerprint density at radius 3 is 2.20 bits per heavy atom. The summed E-state index contributed by atoms with van der Waals surface area (Å²) in [6.45, 7) is 0.201. The molecule has 0 bridgehead atoms. The second-order valence-electron chi connectivity index (χ2n) is 6.94. The number of aliphatic hydroxyl groups is 1. The van der Waals surface area contributed by atoms with Gasteiger partial charge in [-0.2, -0.15) is 0 Å². The van der Waals surface area contributed by atoms with E-state index in [1.54, 1.807) is 48.3 Å². The van der Waals surface area contributed by atoms with Crippen molar-refractivity contribution in [1.82, 2.24) is 9.80 Å². The summed E-state index contributed by atoms with van der Waals surface area (Å²) in [5, 5.41) is 14.4. The minimum atomic E-state index is -3.78.